The Morgan fingerprint density at radius 2 is 2.09 bits per heavy atom. The van der Waals surface area contributed by atoms with E-state index >= 15 is 0 Å². The van der Waals surface area contributed by atoms with Gasteiger partial charge in [0.15, 0.2) is 11.6 Å². The zero-order valence-electron chi connectivity index (χ0n) is 18.5. The van der Waals surface area contributed by atoms with E-state index in [1.807, 2.05) is 4.90 Å². The van der Waals surface area contributed by atoms with Crippen LogP contribution in [0, 0.1) is 17.7 Å². The predicted molar refractivity (Wildman–Crippen MR) is 123 cm³/mol. The Morgan fingerprint density at radius 1 is 1.24 bits per heavy atom. The van der Waals surface area contributed by atoms with Crippen molar-refractivity contribution < 1.29 is 13.9 Å². The molecule has 1 saturated carbocycles. The predicted octanol–water partition coefficient (Wildman–Crippen LogP) is 3.36. The normalized spacial score (nSPS) is 23.9. The fourth-order valence-corrected chi connectivity index (χ4v) is 5.20. The van der Waals surface area contributed by atoms with Gasteiger partial charge >= 0.3 is 6.03 Å². The summed E-state index contributed by atoms with van der Waals surface area (Å²) in [5.41, 5.74) is 6.45. The van der Waals surface area contributed by atoms with E-state index in [0.29, 0.717) is 23.0 Å². The molecule has 33 heavy (non-hydrogen) atoms. The number of nitrogens with zero attached hydrogens (tertiary/aromatic N) is 3. The second-order valence-corrected chi connectivity index (χ2v) is 8.95. The van der Waals surface area contributed by atoms with E-state index in [4.69, 9.17) is 10.5 Å². The van der Waals surface area contributed by atoms with Crippen LogP contribution in [-0.4, -0.2) is 58.6 Å². The number of hydrogen-bond donors (Lipinski definition) is 2. The summed E-state index contributed by atoms with van der Waals surface area (Å²) in [7, 11) is 0. The number of halogens is 1. The van der Waals surface area contributed by atoms with Gasteiger partial charge in [0, 0.05) is 42.8 Å². The van der Waals surface area contributed by atoms with Crippen molar-refractivity contribution in [3.63, 3.8) is 0 Å². The molecule has 3 aliphatic rings. The van der Waals surface area contributed by atoms with Crippen LogP contribution in [0.2, 0.25) is 0 Å². The Labute approximate surface area is 193 Å². The van der Waals surface area contributed by atoms with Crippen molar-refractivity contribution >= 4 is 11.7 Å². The topological polar surface area (TPSA) is 83.7 Å². The highest BCUT2D eigenvalue weighted by Crippen LogP contribution is 2.53. The molecular formula is C25H28FN5O2. The average molecular weight is 450 g/mol. The van der Waals surface area contributed by atoms with Crippen LogP contribution >= 0.6 is 0 Å². The summed E-state index contributed by atoms with van der Waals surface area (Å²) in [5, 5.41) is 2.95. The lowest BCUT2D eigenvalue weighted by atomic mass is 10.2. The van der Waals surface area contributed by atoms with Gasteiger partial charge in [0.25, 0.3) is 0 Å². The lowest BCUT2D eigenvalue weighted by Gasteiger charge is -2.28. The van der Waals surface area contributed by atoms with Crippen LogP contribution in [0.3, 0.4) is 0 Å². The Bertz CT molecular complexity index is 1110. The number of carbonyl (C=O) groups is 1. The number of aromatic nitrogens is 1. The zero-order chi connectivity index (χ0) is 22.8. The van der Waals surface area contributed by atoms with Gasteiger partial charge in [-0.15, -0.1) is 0 Å². The summed E-state index contributed by atoms with van der Waals surface area (Å²) in [5.74, 6) is 5.84. The summed E-state index contributed by atoms with van der Waals surface area (Å²) >= 11 is 0. The van der Waals surface area contributed by atoms with Gasteiger partial charge < -0.3 is 20.7 Å². The van der Waals surface area contributed by atoms with Crippen molar-refractivity contribution in [2.45, 2.75) is 43.7 Å². The highest BCUT2D eigenvalue weighted by atomic mass is 19.1. The molecule has 8 heteroatoms. The van der Waals surface area contributed by atoms with E-state index < -0.39 is 5.82 Å². The lowest BCUT2D eigenvalue weighted by Crippen LogP contribution is -2.47. The standard InChI is InChI=1S/C25H28FN5O2/c26-20-15-19(27)6-7-22(20)33-21-8-11-28-17-18(21)5-3-10-29-24(32)31-14-4-9-25(31)16-23(25)30-12-1-2-13-30/h6-8,11,15,17,23H,1-2,4,9-10,12-14,16,27H2,(H,29,32)/t23?,25-/m1/s1. The Balaban J connectivity index is 1.20. The Hall–Kier alpha value is -3.31. The minimum Gasteiger partial charge on any atom is -0.453 e. The number of pyridine rings is 1. The van der Waals surface area contributed by atoms with Crippen LogP contribution in [0.15, 0.2) is 36.7 Å². The molecule has 2 atom stereocenters. The maximum Gasteiger partial charge on any atom is 0.318 e. The van der Waals surface area contributed by atoms with E-state index in [2.05, 4.69) is 27.0 Å². The number of benzene rings is 1. The van der Waals surface area contributed by atoms with Crippen LogP contribution in [0.4, 0.5) is 14.9 Å². The number of hydrogen-bond acceptors (Lipinski definition) is 5. The molecule has 7 nitrogen and oxygen atoms in total. The molecule has 5 rings (SSSR count). The SMILES string of the molecule is Nc1ccc(Oc2ccncc2C#CCNC(=O)N2CCC[C@]23CC3N2CCCC2)c(F)c1. The van der Waals surface area contributed by atoms with Crippen molar-refractivity contribution in [3.05, 3.63) is 48.0 Å². The molecule has 2 saturated heterocycles. The van der Waals surface area contributed by atoms with Gasteiger partial charge in [0.1, 0.15) is 5.75 Å². The minimum atomic E-state index is -0.551. The van der Waals surface area contributed by atoms with Crippen LogP contribution in [0.25, 0.3) is 0 Å². The van der Waals surface area contributed by atoms with Gasteiger partial charge in [-0.25, -0.2) is 9.18 Å². The third-order valence-corrected chi connectivity index (χ3v) is 6.87. The lowest BCUT2D eigenvalue weighted by molar-refractivity contribution is 0.172. The number of nitrogens with one attached hydrogen (secondary N) is 1. The van der Waals surface area contributed by atoms with E-state index in [0.717, 1.165) is 38.9 Å². The van der Waals surface area contributed by atoms with Gasteiger partial charge in [-0.3, -0.25) is 9.88 Å². The number of carbonyl (C=O) groups excluding carboxylic acids is 1. The molecule has 1 aromatic carbocycles. The first-order valence-electron chi connectivity index (χ1n) is 11.5. The Morgan fingerprint density at radius 3 is 2.91 bits per heavy atom. The molecule has 1 aliphatic carbocycles. The smallest absolute Gasteiger partial charge is 0.318 e. The molecule has 2 aromatic rings. The number of nitrogens with two attached hydrogens (primary N) is 1. The third-order valence-electron chi connectivity index (χ3n) is 6.87. The monoisotopic (exact) mass is 449 g/mol. The number of anilines is 1. The molecular weight excluding hydrogens is 421 g/mol. The minimum absolute atomic E-state index is 0.0232. The summed E-state index contributed by atoms with van der Waals surface area (Å²) < 4.78 is 19.8. The van der Waals surface area contributed by atoms with Crippen molar-refractivity contribution in [1.82, 2.24) is 20.1 Å². The van der Waals surface area contributed by atoms with Gasteiger partial charge in [0.2, 0.25) is 0 Å². The van der Waals surface area contributed by atoms with Crippen molar-refractivity contribution in [2.75, 3.05) is 31.9 Å². The van der Waals surface area contributed by atoms with Crippen molar-refractivity contribution in [2.24, 2.45) is 0 Å². The van der Waals surface area contributed by atoms with Gasteiger partial charge in [-0.05, 0) is 57.3 Å². The van der Waals surface area contributed by atoms with Crippen LogP contribution in [-0.2, 0) is 0 Å². The first-order valence-corrected chi connectivity index (χ1v) is 11.5. The molecule has 3 heterocycles. The summed E-state index contributed by atoms with van der Waals surface area (Å²) in [6.45, 7) is 3.33. The maximum absolute atomic E-state index is 14.1. The summed E-state index contributed by atoms with van der Waals surface area (Å²) in [6.07, 6.45) is 8.87. The largest absolute Gasteiger partial charge is 0.453 e. The van der Waals surface area contributed by atoms with Crippen LogP contribution < -0.4 is 15.8 Å². The zero-order valence-corrected chi connectivity index (χ0v) is 18.5. The molecule has 0 bridgehead atoms. The number of amides is 2. The fraction of sp³-hybridized carbons (Fsp3) is 0.440. The fourth-order valence-electron chi connectivity index (χ4n) is 5.20. The molecule has 3 fully saturated rings. The highest BCUT2D eigenvalue weighted by molar-refractivity contribution is 5.76. The maximum atomic E-state index is 14.1. The molecule has 2 amide bonds. The quantitative estimate of drug-likeness (QED) is 0.553. The van der Waals surface area contributed by atoms with Crippen LogP contribution in [0.5, 0.6) is 11.5 Å². The van der Waals surface area contributed by atoms with Crippen molar-refractivity contribution in [1.29, 1.82) is 0 Å². The van der Waals surface area contributed by atoms with Gasteiger partial charge in [-0.2, -0.15) is 0 Å². The molecule has 3 N–H and O–H groups in total. The second kappa shape index (κ2) is 8.91. The van der Waals surface area contributed by atoms with Gasteiger partial charge in [0.05, 0.1) is 17.6 Å². The van der Waals surface area contributed by atoms with E-state index in [-0.39, 0.29) is 23.9 Å². The first-order chi connectivity index (χ1) is 16.1. The van der Waals surface area contributed by atoms with Crippen LogP contribution in [0.1, 0.15) is 37.7 Å². The first kappa shape index (κ1) is 21.5. The molecule has 2 aliphatic heterocycles. The number of urea groups is 1. The molecule has 0 radical (unpaired) electrons. The second-order valence-electron chi connectivity index (χ2n) is 8.95. The molecule has 172 valence electrons. The molecule has 1 aromatic heterocycles. The van der Waals surface area contributed by atoms with E-state index in [1.165, 1.54) is 25.0 Å². The number of nitrogen functional groups attached to an aromatic ring is 1. The van der Waals surface area contributed by atoms with Crippen molar-refractivity contribution in [3.8, 4) is 23.3 Å². The third kappa shape index (κ3) is 4.33. The summed E-state index contributed by atoms with van der Waals surface area (Å²) in [4.78, 5) is 21.5. The number of ether oxygens (including phenoxy) is 1. The number of rotatable bonds is 4. The van der Waals surface area contributed by atoms with Gasteiger partial charge in [-0.1, -0.05) is 11.8 Å². The molecule has 1 spiro atoms. The van der Waals surface area contributed by atoms with E-state index in [9.17, 15) is 9.18 Å². The average Bonchev–Trinajstić information content (AvgIpc) is 3.14. The molecule has 1 unspecified atom stereocenters. The summed E-state index contributed by atoms with van der Waals surface area (Å²) in [6, 6.07) is 6.34. The number of likely N-dealkylation sites (tertiary alicyclic amines) is 2. The highest BCUT2D eigenvalue weighted by Gasteiger charge is 2.63. The van der Waals surface area contributed by atoms with E-state index in [1.54, 1.807) is 24.5 Å². The Kier molecular flexibility index (Phi) is 5.81.